The predicted molar refractivity (Wildman–Crippen MR) is 115 cm³/mol. The molecule has 29 heavy (non-hydrogen) atoms. The van der Waals surface area contributed by atoms with Crippen LogP contribution < -0.4 is 16.0 Å². The minimum Gasteiger partial charge on any atom is -0.321 e. The summed E-state index contributed by atoms with van der Waals surface area (Å²) in [5.41, 5.74) is 4.43. The standard InChI is InChI=1S/C22H25ClN4O2/c23-17-4-7-18(8-5-17)26-22(29)27-13-1-2-20(27)21(28)25-19-6-3-15-9-11-24-12-10-16(15)14-19/h2-4,6-8,14,17,24H,1,5,9-13H2,(H,25,28)(H,26,29). The molecular weight excluding hydrogens is 388 g/mol. The Morgan fingerprint density at radius 1 is 1.10 bits per heavy atom. The minimum atomic E-state index is -0.305. The fraction of sp³-hybridized carbons (Fsp3) is 0.364. The van der Waals surface area contributed by atoms with Crippen LogP contribution in [0.5, 0.6) is 0 Å². The molecule has 0 spiro atoms. The van der Waals surface area contributed by atoms with Crippen LogP contribution in [-0.4, -0.2) is 41.8 Å². The normalized spacial score (nSPS) is 21.0. The molecule has 0 fully saturated rings. The monoisotopic (exact) mass is 412 g/mol. The van der Waals surface area contributed by atoms with Crippen molar-refractivity contribution in [1.82, 2.24) is 15.5 Å². The zero-order valence-corrected chi connectivity index (χ0v) is 17.0. The number of carbonyl (C=O) groups is 2. The van der Waals surface area contributed by atoms with Gasteiger partial charge in [-0.15, -0.1) is 11.6 Å². The van der Waals surface area contributed by atoms with Crippen molar-refractivity contribution in [3.8, 4) is 0 Å². The molecule has 1 aromatic rings. The van der Waals surface area contributed by atoms with Gasteiger partial charge in [0.2, 0.25) is 0 Å². The lowest BCUT2D eigenvalue weighted by atomic mass is 10.0. The number of fused-ring (bicyclic) bond motifs is 1. The van der Waals surface area contributed by atoms with Crippen molar-refractivity contribution < 1.29 is 9.59 Å². The maximum Gasteiger partial charge on any atom is 0.326 e. The molecule has 2 aliphatic heterocycles. The van der Waals surface area contributed by atoms with E-state index in [4.69, 9.17) is 11.6 Å². The first kappa shape index (κ1) is 19.7. The smallest absolute Gasteiger partial charge is 0.321 e. The van der Waals surface area contributed by atoms with Crippen LogP contribution in [0.15, 0.2) is 53.9 Å². The number of benzene rings is 1. The largest absolute Gasteiger partial charge is 0.326 e. The number of rotatable bonds is 3. The molecule has 3 aliphatic rings. The summed E-state index contributed by atoms with van der Waals surface area (Å²) in [7, 11) is 0. The molecule has 3 N–H and O–H groups in total. The third-order valence-electron chi connectivity index (χ3n) is 5.36. The van der Waals surface area contributed by atoms with Gasteiger partial charge in [0.05, 0.1) is 5.38 Å². The average molecular weight is 413 g/mol. The molecule has 0 bridgehead atoms. The van der Waals surface area contributed by atoms with Gasteiger partial charge in [0.15, 0.2) is 0 Å². The number of amides is 3. The fourth-order valence-corrected chi connectivity index (χ4v) is 3.97. The first-order chi connectivity index (χ1) is 14.1. The molecule has 6 nitrogen and oxygen atoms in total. The third kappa shape index (κ3) is 4.71. The number of nitrogens with one attached hydrogen (secondary N) is 3. The number of alkyl halides is 1. The SMILES string of the molecule is O=C(Nc1ccc2c(c1)CCNCC2)C1=CCCN1C(=O)NC1=CCC(Cl)C=C1. The molecule has 4 rings (SSSR count). The number of halogens is 1. The van der Waals surface area contributed by atoms with Gasteiger partial charge in [-0.3, -0.25) is 9.69 Å². The van der Waals surface area contributed by atoms with E-state index in [0.717, 1.165) is 31.6 Å². The van der Waals surface area contributed by atoms with Gasteiger partial charge in [-0.1, -0.05) is 24.3 Å². The van der Waals surface area contributed by atoms with Crippen molar-refractivity contribution in [1.29, 1.82) is 0 Å². The van der Waals surface area contributed by atoms with Crippen LogP contribution in [0.1, 0.15) is 24.0 Å². The van der Waals surface area contributed by atoms with Crippen molar-refractivity contribution in [2.75, 3.05) is 25.0 Å². The van der Waals surface area contributed by atoms with E-state index in [1.54, 1.807) is 6.08 Å². The zero-order valence-electron chi connectivity index (χ0n) is 16.2. The summed E-state index contributed by atoms with van der Waals surface area (Å²) in [4.78, 5) is 27.0. The van der Waals surface area contributed by atoms with Crippen LogP contribution in [0.25, 0.3) is 0 Å². The molecule has 1 atom stereocenters. The van der Waals surface area contributed by atoms with E-state index in [2.05, 4.69) is 22.0 Å². The molecule has 2 heterocycles. The fourth-order valence-electron chi connectivity index (χ4n) is 3.81. The van der Waals surface area contributed by atoms with Gasteiger partial charge in [-0.2, -0.15) is 0 Å². The second kappa shape index (κ2) is 8.84. The molecule has 1 aromatic carbocycles. The highest BCUT2D eigenvalue weighted by atomic mass is 35.5. The first-order valence-corrected chi connectivity index (χ1v) is 10.5. The van der Waals surface area contributed by atoms with Gasteiger partial charge in [0.25, 0.3) is 5.91 Å². The van der Waals surface area contributed by atoms with Crippen LogP contribution in [0.4, 0.5) is 10.5 Å². The van der Waals surface area contributed by atoms with Crippen LogP contribution in [0.2, 0.25) is 0 Å². The van der Waals surface area contributed by atoms with Crippen LogP contribution in [0, 0.1) is 0 Å². The summed E-state index contributed by atoms with van der Waals surface area (Å²) >= 11 is 6.02. The Bertz CT molecular complexity index is 906. The minimum absolute atomic E-state index is 0.0413. The van der Waals surface area contributed by atoms with Gasteiger partial charge in [0, 0.05) is 17.9 Å². The molecule has 3 amide bonds. The van der Waals surface area contributed by atoms with Crippen molar-refractivity contribution >= 4 is 29.2 Å². The lowest BCUT2D eigenvalue weighted by Crippen LogP contribution is -2.40. The molecule has 0 saturated carbocycles. The van der Waals surface area contributed by atoms with Crippen molar-refractivity contribution in [2.45, 2.75) is 31.1 Å². The number of allylic oxidation sites excluding steroid dienone is 3. The number of hydrogen-bond acceptors (Lipinski definition) is 3. The van der Waals surface area contributed by atoms with E-state index in [-0.39, 0.29) is 17.3 Å². The molecule has 7 heteroatoms. The number of hydrogen-bond donors (Lipinski definition) is 3. The summed E-state index contributed by atoms with van der Waals surface area (Å²) in [5, 5.41) is 9.15. The third-order valence-corrected chi connectivity index (χ3v) is 5.69. The average Bonchev–Trinajstić information content (AvgIpc) is 3.10. The molecule has 0 saturated heterocycles. The zero-order chi connectivity index (χ0) is 20.2. The lowest BCUT2D eigenvalue weighted by molar-refractivity contribution is -0.113. The number of urea groups is 1. The number of anilines is 1. The van der Waals surface area contributed by atoms with Crippen molar-refractivity contribution in [3.63, 3.8) is 0 Å². The molecular formula is C22H25ClN4O2. The Labute approximate surface area is 175 Å². The Morgan fingerprint density at radius 2 is 1.93 bits per heavy atom. The molecule has 1 aliphatic carbocycles. The van der Waals surface area contributed by atoms with E-state index >= 15 is 0 Å². The topological polar surface area (TPSA) is 73.5 Å². The lowest BCUT2D eigenvalue weighted by Gasteiger charge is -2.22. The second-order valence-electron chi connectivity index (χ2n) is 7.42. The summed E-state index contributed by atoms with van der Waals surface area (Å²) in [6.07, 6.45) is 10.6. The van der Waals surface area contributed by atoms with Crippen LogP contribution in [-0.2, 0) is 17.6 Å². The van der Waals surface area contributed by atoms with Gasteiger partial charge in [0.1, 0.15) is 5.70 Å². The maximum atomic E-state index is 12.8. The van der Waals surface area contributed by atoms with Crippen LogP contribution in [0.3, 0.4) is 0 Å². The number of nitrogens with zero attached hydrogens (tertiary/aromatic N) is 1. The predicted octanol–water partition coefficient (Wildman–Crippen LogP) is 3.06. The summed E-state index contributed by atoms with van der Waals surface area (Å²) in [6.45, 7) is 2.41. The van der Waals surface area contributed by atoms with Crippen molar-refractivity contribution in [2.24, 2.45) is 0 Å². The van der Waals surface area contributed by atoms with Gasteiger partial charge in [-0.05, 0) is 68.1 Å². The van der Waals surface area contributed by atoms with E-state index < -0.39 is 0 Å². The highest BCUT2D eigenvalue weighted by Crippen LogP contribution is 2.22. The Balaban J connectivity index is 1.41. The Hall–Kier alpha value is -2.57. The van der Waals surface area contributed by atoms with Gasteiger partial charge < -0.3 is 16.0 Å². The highest BCUT2D eigenvalue weighted by molar-refractivity contribution is 6.22. The van der Waals surface area contributed by atoms with Gasteiger partial charge in [-0.25, -0.2) is 4.79 Å². The number of carbonyl (C=O) groups excluding carboxylic acids is 2. The van der Waals surface area contributed by atoms with Crippen molar-refractivity contribution in [3.05, 3.63) is 65.0 Å². The first-order valence-electron chi connectivity index (χ1n) is 10.0. The highest BCUT2D eigenvalue weighted by Gasteiger charge is 2.27. The molecule has 152 valence electrons. The van der Waals surface area contributed by atoms with E-state index in [9.17, 15) is 9.59 Å². The van der Waals surface area contributed by atoms with Gasteiger partial charge >= 0.3 is 6.03 Å². The molecule has 0 radical (unpaired) electrons. The van der Waals surface area contributed by atoms with E-state index in [1.807, 2.05) is 30.4 Å². The molecule has 0 aromatic heterocycles. The second-order valence-corrected chi connectivity index (χ2v) is 7.98. The summed E-state index contributed by atoms with van der Waals surface area (Å²) < 4.78 is 0. The summed E-state index contributed by atoms with van der Waals surface area (Å²) in [5.74, 6) is -0.265. The Morgan fingerprint density at radius 3 is 2.72 bits per heavy atom. The quantitative estimate of drug-likeness (QED) is 0.668. The molecule has 1 unspecified atom stereocenters. The van der Waals surface area contributed by atoms with E-state index in [0.29, 0.717) is 30.8 Å². The maximum absolute atomic E-state index is 12.8. The Kier molecular flexibility index (Phi) is 6.02. The van der Waals surface area contributed by atoms with E-state index in [1.165, 1.54) is 16.0 Å². The summed E-state index contributed by atoms with van der Waals surface area (Å²) in [6, 6.07) is 5.75. The van der Waals surface area contributed by atoms with Crippen LogP contribution >= 0.6 is 11.6 Å².